The van der Waals surface area contributed by atoms with E-state index in [0.29, 0.717) is 11.6 Å². The largest absolute Gasteiger partial charge is 0.228 e. The minimum atomic E-state index is -0.315. The summed E-state index contributed by atoms with van der Waals surface area (Å²) in [5.74, 6) is 1.41. The maximum absolute atomic E-state index is 5.37. The number of aromatic nitrogens is 4. The van der Waals surface area contributed by atoms with E-state index in [1.165, 1.54) is 44.5 Å². The molecule has 0 spiro atoms. The Morgan fingerprint density at radius 2 is 0.577 bits per heavy atom. The first-order chi connectivity index (χ1) is 34.9. The Morgan fingerprint density at radius 3 is 1.00 bits per heavy atom. The van der Waals surface area contributed by atoms with Crippen molar-refractivity contribution in [2.75, 3.05) is 0 Å². The van der Waals surface area contributed by atoms with Gasteiger partial charge in [-0.2, -0.15) is 0 Å². The number of hydrogen-bond donors (Lipinski definition) is 0. The molecule has 0 saturated carbocycles. The number of para-hydroxylation sites is 2. The zero-order valence-corrected chi connectivity index (χ0v) is 39.4. The molecule has 12 aromatic rings. The van der Waals surface area contributed by atoms with Gasteiger partial charge in [-0.05, 0) is 103 Å². The molecule has 0 atom stereocenters. The maximum atomic E-state index is 5.37. The van der Waals surface area contributed by atoms with Crippen LogP contribution < -0.4 is 0 Å². The van der Waals surface area contributed by atoms with Crippen LogP contribution in [0, 0.1) is 0 Å². The summed E-state index contributed by atoms with van der Waals surface area (Å²) < 4.78 is 0. The predicted octanol–water partition coefficient (Wildman–Crippen LogP) is 17.2. The van der Waals surface area contributed by atoms with Gasteiger partial charge in [-0.1, -0.05) is 220 Å². The molecular formula is C67H46N4. The van der Waals surface area contributed by atoms with Crippen LogP contribution >= 0.6 is 0 Å². The highest BCUT2D eigenvalue weighted by Gasteiger charge is 2.36. The highest BCUT2D eigenvalue weighted by molar-refractivity contribution is 5.96. The fraction of sp³-hybridized carbons (Fsp3) is 0.0448. The van der Waals surface area contributed by atoms with Crippen LogP contribution in [0.3, 0.4) is 0 Å². The van der Waals surface area contributed by atoms with Crippen LogP contribution in [0.15, 0.2) is 243 Å². The van der Waals surface area contributed by atoms with E-state index in [2.05, 4.69) is 257 Å². The van der Waals surface area contributed by atoms with Gasteiger partial charge < -0.3 is 0 Å². The summed E-state index contributed by atoms with van der Waals surface area (Å²) in [5, 5.41) is 2.05. The number of nitrogens with zero attached hydrogens (tertiary/aromatic N) is 4. The second kappa shape index (κ2) is 17.1. The summed E-state index contributed by atoms with van der Waals surface area (Å²) >= 11 is 0. The van der Waals surface area contributed by atoms with E-state index >= 15 is 0 Å². The average Bonchev–Trinajstić information content (AvgIpc) is 3.67. The third kappa shape index (κ3) is 7.58. The van der Waals surface area contributed by atoms with Crippen molar-refractivity contribution in [1.29, 1.82) is 0 Å². The Kier molecular flexibility index (Phi) is 10.1. The van der Waals surface area contributed by atoms with Crippen molar-refractivity contribution in [3.05, 3.63) is 254 Å². The van der Waals surface area contributed by atoms with Crippen molar-refractivity contribution in [3.63, 3.8) is 0 Å². The monoisotopic (exact) mass is 906 g/mol. The zero-order valence-electron chi connectivity index (χ0n) is 39.4. The molecule has 13 rings (SSSR count). The first-order valence-corrected chi connectivity index (χ1v) is 24.3. The van der Waals surface area contributed by atoms with E-state index in [-0.39, 0.29) is 5.41 Å². The molecule has 2 aromatic heterocycles. The van der Waals surface area contributed by atoms with Crippen LogP contribution in [-0.4, -0.2) is 19.9 Å². The lowest BCUT2D eigenvalue weighted by atomic mass is 9.81. The number of fused-ring (bicyclic) bond motifs is 5. The molecule has 0 saturated heterocycles. The second-order valence-electron chi connectivity index (χ2n) is 19.0. The maximum Gasteiger partial charge on any atom is 0.160 e. The Morgan fingerprint density at radius 1 is 0.254 bits per heavy atom. The number of benzene rings is 10. The average molecular weight is 907 g/mol. The Labute approximate surface area is 413 Å². The summed E-state index contributed by atoms with van der Waals surface area (Å²) in [6.07, 6.45) is 0. The smallest absolute Gasteiger partial charge is 0.160 e. The highest BCUT2D eigenvalue weighted by Crippen LogP contribution is 2.51. The Hall–Kier alpha value is -9.12. The molecule has 0 bridgehead atoms. The molecule has 334 valence electrons. The number of hydrogen-bond acceptors (Lipinski definition) is 4. The van der Waals surface area contributed by atoms with Crippen molar-refractivity contribution in [3.8, 4) is 101 Å². The molecule has 0 unspecified atom stereocenters. The molecule has 2 heterocycles. The molecule has 0 amide bonds. The van der Waals surface area contributed by atoms with Gasteiger partial charge in [-0.15, -0.1) is 0 Å². The van der Waals surface area contributed by atoms with Gasteiger partial charge in [0, 0.05) is 38.4 Å². The Balaban J connectivity index is 0.833. The van der Waals surface area contributed by atoms with Gasteiger partial charge in [0.05, 0.1) is 22.4 Å². The molecular weight excluding hydrogens is 861 g/mol. The van der Waals surface area contributed by atoms with Crippen LogP contribution in [0.25, 0.3) is 123 Å². The van der Waals surface area contributed by atoms with Crippen LogP contribution in [0.4, 0.5) is 0 Å². The minimum absolute atomic E-state index is 0.315. The lowest BCUT2D eigenvalue weighted by Crippen LogP contribution is -2.15. The summed E-state index contributed by atoms with van der Waals surface area (Å²) in [5.41, 5.74) is 21.8. The van der Waals surface area contributed by atoms with E-state index in [0.717, 1.165) is 77.7 Å². The van der Waals surface area contributed by atoms with E-state index in [1.54, 1.807) is 0 Å². The molecule has 0 N–H and O–H groups in total. The van der Waals surface area contributed by atoms with Gasteiger partial charge in [-0.25, -0.2) is 19.9 Å². The van der Waals surface area contributed by atoms with Crippen LogP contribution in [0.2, 0.25) is 0 Å². The molecule has 10 aromatic carbocycles. The lowest BCUT2D eigenvalue weighted by molar-refractivity contribution is 0.660. The first kappa shape index (κ1) is 42.0. The van der Waals surface area contributed by atoms with E-state index in [4.69, 9.17) is 19.9 Å². The summed E-state index contributed by atoms with van der Waals surface area (Å²) in [6.45, 7) is 4.64. The third-order valence-corrected chi connectivity index (χ3v) is 14.3. The molecule has 0 radical (unpaired) electrons. The molecule has 1 aliphatic carbocycles. The summed E-state index contributed by atoms with van der Waals surface area (Å²) in [4.78, 5) is 21.1. The van der Waals surface area contributed by atoms with Crippen molar-refractivity contribution in [1.82, 2.24) is 19.9 Å². The number of rotatable bonds is 8. The molecule has 71 heavy (non-hydrogen) atoms. The van der Waals surface area contributed by atoms with Crippen molar-refractivity contribution >= 4 is 21.8 Å². The van der Waals surface area contributed by atoms with Crippen LogP contribution in [0.1, 0.15) is 25.0 Å². The first-order valence-electron chi connectivity index (χ1n) is 24.3. The fourth-order valence-electron chi connectivity index (χ4n) is 10.5. The van der Waals surface area contributed by atoms with E-state index in [1.807, 2.05) is 0 Å². The van der Waals surface area contributed by atoms with Crippen molar-refractivity contribution in [2.45, 2.75) is 19.3 Å². The van der Waals surface area contributed by atoms with Gasteiger partial charge in [-0.3, -0.25) is 0 Å². The van der Waals surface area contributed by atoms with Crippen LogP contribution in [0.5, 0.6) is 0 Å². The van der Waals surface area contributed by atoms with Crippen molar-refractivity contribution in [2.24, 2.45) is 0 Å². The summed E-state index contributed by atoms with van der Waals surface area (Å²) in [7, 11) is 0. The quantitative estimate of drug-likeness (QED) is 0.152. The van der Waals surface area contributed by atoms with Crippen molar-refractivity contribution < 1.29 is 0 Å². The fourth-order valence-corrected chi connectivity index (χ4v) is 10.5. The minimum Gasteiger partial charge on any atom is -0.228 e. The summed E-state index contributed by atoms with van der Waals surface area (Å²) in [6, 6.07) is 86.2. The molecule has 4 nitrogen and oxygen atoms in total. The second-order valence-corrected chi connectivity index (χ2v) is 19.0. The van der Waals surface area contributed by atoms with Gasteiger partial charge in [0.15, 0.2) is 11.6 Å². The molecule has 4 heteroatoms. The van der Waals surface area contributed by atoms with Crippen LogP contribution in [-0.2, 0) is 5.41 Å². The SMILES string of the molecule is CC1(C)c2cc(-c3nc(-c4cccc(-c5ccc(-c6ccccc6)cc5)c4)c4ccccc4n3)ccc2-c2ccc(-c3nc(-c4cccc(-c5ccc(-c6ccccc6)cc5)c4)c4ccccc4n3)cc21. The topological polar surface area (TPSA) is 51.6 Å². The van der Waals surface area contributed by atoms with Gasteiger partial charge >= 0.3 is 0 Å². The molecule has 1 aliphatic rings. The van der Waals surface area contributed by atoms with Gasteiger partial charge in [0.25, 0.3) is 0 Å². The zero-order chi connectivity index (χ0) is 47.5. The standard InChI is InChI=1S/C67H46N4/c1-67(2)59-41-53(65-68-61-25-11-9-23-57(61)63(70-65)51-21-13-19-49(39-51)47-31-27-45(28-32-47)43-15-5-3-6-16-43)35-37-55(59)56-38-36-54(42-60(56)67)66-69-62-26-12-10-24-58(62)64(71-66)52-22-14-20-50(40-52)48-33-29-46(30-34-48)44-17-7-4-8-18-44/h3-42H,1-2H3. The van der Waals surface area contributed by atoms with Gasteiger partial charge in [0.2, 0.25) is 0 Å². The Bertz CT molecular complexity index is 3730. The van der Waals surface area contributed by atoms with E-state index < -0.39 is 0 Å². The molecule has 0 fully saturated rings. The lowest BCUT2D eigenvalue weighted by Gasteiger charge is -2.22. The third-order valence-electron chi connectivity index (χ3n) is 14.3. The highest BCUT2D eigenvalue weighted by atomic mass is 14.9. The predicted molar refractivity (Wildman–Crippen MR) is 294 cm³/mol. The molecule has 0 aliphatic heterocycles. The van der Waals surface area contributed by atoms with E-state index in [9.17, 15) is 0 Å². The normalized spacial score (nSPS) is 12.5. The van der Waals surface area contributed by atoms with Gasteiger partial charge in [0.1, 0.15) is 0 Å².